The summed E-state index contributed by atoms with van der Waals surface area (Å²) < 4.78 is 7.40. The molecule has 0 amide bonds. The minimum atomic E-state index is -0.499. The monoisotopic (exact) mass is 419 g/mol. The van der Waals surface area contributed by atoms with E-state index >= 15 is 0 Å². The molecule has 160 valence electrons. The predicted octanol–water partition coefficient (Wildman–Crippen LogP) is 5.21. The van der Waals surface area contributed by atoms with Gasteiger partial charge in [0, 0.05) is 18.7 Å². The van der Waals surface area contributed by atoms with Gasteiger partial charge in [0.15, 0.2) is 0 Å². The highest BCUT2D eigenvalue weighted by Crippen LogP contribution is 2.28. The van der Waals surface area contributed by atoms with E-state index < -0.39 is 4.92 Å². The molecule has 0 fully saturated rings. The van der Waals surface area contributed by atoms with E-state index in [0.717, 1.165) is 29.9 Å². The summed E-state index contributed by atoms with van der Waals surface area (Å²) in [4.78, 5) is 28.0. The number of non-ortho nitro benzene ring substituents is 1. The third kappa shape index (κ3) is 4.50. The number of aromatic nitrogens is 2. The maximum Gasteiger partial charge on any atom is 0.270 e. The van der Waals surface area contributed by atoms with Crippen molar-refractivity contribution in [1.29, 1.82) is 0 Å². The molecule has 0 N–H and O–H groups in total. The van der Waals surface area contributed by atoms with Gasteiger partial charge in [0.25, 0.3) is 11.2 Å². The minimum absolute atomic E-state index is 0.103. The summed E-state index contributed by atoms with van der Waals surface area (Å²) >= 11 is 0. The fourth-order valence-electron chi connectivity index (χ4n) is 3.84. The number of nitrogens with zero attached hydrogens (tertiary/aromatic N) is 3. The summed E-state index contributed by atoms with van der Waals surface area (Å²) in [5.41, 5.74) is 2.12. The van der Waals surface area contributed by atoms with Crippen molar-refractivity contribution >= 4 is 28.2 Å². The van der Waals surface area contributed by atoms with E-state index in [1.807, 2.05) is 30.3 Å². The Hall–Kier alpha value is -3.48. The van der Waals surface area contributed by atoms with E-state index in [0.29, 0.717) is 24.3 Å². The lowest BCUT2D eigenvalue weighted by atomic mass is 10.1. The van der Waals surface area contributed by atoms with Crippen LogP contribution in [0.2, 0.25) is 0 Å². The van der Waals surface area contributed by atoms with Crippen molar-refractivity contribution < 1.29 is 9.66 Å². The molecular formula is C24H25N3O4. The van der Waals surface area contributed by atoms with Gasteiger partial charge in [-0.1, -0.05) is 38.3 Å². The van der Waals surface area contributed by atoms with Gasteiger partial charge in [0.1, 0.15) is 11.6 Å². The van der Waals surface area contributed by atoms with E-state index in [1.54, 1.807) is 4.57 Å². The fourth-order valence-corrected chi connectivity index (χ4v) is 3.84. The summed E-state index contributed by atoms with van der Waals surface area (Å²) in [6, 6.07) is 12.1. The van der Waals surface area contributed by atoms with Gasteiger partial charge in [0.2, 0.25) is 0 Å². The number of unbranched alkanes of at least 4 members (excludes halogenated alkanes) is 3. The molecule has 2 heterocycles. The Labute approximate surface area is 180 Å². The zero-order valence-corrected chi connectivity index (χ0v) is 17.5. The number of rotatable bonds is 8. The van der Waals surface area contributed by atoms with Crippen LogP contribution in [0, 0.1) is 10.1 Å². The second kappa shape index (κ2) is 9.12. The number of nitro groups is 1. The first kappa shape index (κ1) is 20.8. The minimum Gasteiger partial charge on any atom is -0.494 e. The Morgan fingerprint density at radius 2 is 1.97 bits per heavy atom. The zero-order valence-electron chi connectivity index (χ0n) is 17.5. The van der Waals surface area contributed by atoms with E-state index in [4.69, 9.17) is 4.74 Å². The summed E-state index contributed by atoms with van der Waals surface area (Å²) in [5.74, 6) is 1.48. The number of benzene rings is 2. The normalized spacial score (nSPS) is 14.2. The van der Waals surface area contributed by atoms with Crippen molar-refractivity contribution in [3.63, 3.8) is 0 Å². The molecule has 0 saturated carbocycles. The molecule has 1 aliphatic heterocycles. The van der Waals surface area contributed by atoms with Gasteiger partial charge in [0.05, 0.1) is 22.4 Å². The van der Waals surface area contributed by atoms with E-state index in [1.165, 1.54) is 37.5 Å². The molecule has 0 spiro atoms. The molecule has 7 heteroatoms. The summed E-state index contributed by atoms with van der Waals surface area (Å²) in [5, 5.41) is 11.3. The van der Waals surface area contributed by atoms with Crippen LogP contribution in [-0.4, -0.2) is 21.1 Å². The van der Waals surface area contributed by atoms with Crippen LogP contribution in [-0.2, 0) is 6.54 Å². The third-order valence-corrected chi connectivity index (χ3v) is 5.53. The fraction of sp³-hybridized carbons (Fsp3) is 0.333. The van der Waals surface area contributed by atoms with E-state index in [9.17, 15) is 14.9 Å². The van der Waals surface area contributed by atoms with Crippen LogP contribution in [0.15, 0.2) is 47.3 Å². The Morgan fingerprint density at radius 3 is 2.71 bits per heavy atom. The average Bonchev–Trinajstić information content (AvgIpc) is 3.17. The predicted molar refractivity (Wildman–Crippen MR) is 121 cm³/mol. The van der Waals surface area contributed by atoms with Crippen molar-refractivity contribution in [3.05, 3.63) is 74.3 Å². The largest absolute Gasteiger partial charge is 0.494 e. The van der Waals surface area contributed by atoms with Gasteiger partial charge >= 0.3 is 0 Å². The number of fused-ring (bicyclic) bond motifs is 2. The number of hydrogen-bond acceptors (Lipinski definition) is 5. The van der Waals surface area contributed by atoms with Crippen molar-refractivity contribution in [2.45, 2.75) is 45.6 Å². The summed E-state index contributed by atoms with van der Waals surface area (Å²) in [6.07, 6.45) is 7.43. The maximum atomic E-state index is 12.9. The topological polar surface area (TPSA) is 87.3 Å². The maximum absolute atomic E-state index is 12.9. The Bertz CT molecular complexity index is 1200. The number of nitro benzene ring substituents is 1. The second-order valence-corrected chi connectivity index (χ2v) is 7.75. The van der Waals surface area contributed by atoms with Crippen LogP contribution in [0.25, 0.3) is 22.6 Å². The Balaban J connectivity index is 1.55. The Kier molecular flexibility index (Phi) is 6.11. The molecule has 0 aliphatic carbocycles. The van der Waals surface area contributed by atoms with Gasteiger partial charge in [-0.25, -0.2) is 4.98 Å². The molecule has 31 heavy (non-hydrogen) atoms. The molecule has 0 unspecified atom stereocenters. The van der Waals surface area contributed by atoms with Crippen LogP contribution in [0.3, 0.4) is 0 Å². The van der Waals surface area contributed by atoms with Crippen molar-refractivity contribution in [1.82, 2.24) is 9.55 Å². The molecule has 0 radical (unpaired) electrons. The molecule has 0 atom stereocenters. The third-order valence-electron chi connectivity index (χ3n) is 5.53. The van der Waals surface area contributed by atoms with E-state index in [-0.39, 0.29) is 16.6 Å². The Morgan fingerprint density at radius 1 is 1.16 bits per heavy atom. The highest BCUT2D eigenvalue weighted by atomic mass is 16.6. The lowest BCUT2D eigenvalue weighted by Gasteiger charge is -2.07. The molecule has 0 saturated heterocycles. The molecule has 2 aromatic carbocycles. The van der Waals surface area contributed by atoms with E-state index in [2.05, 4.69) is 11.9 Å². The number of allylic oxidation sites excluding steroid dienone is 1. The lowest BCUT2D eigenvalue weighted by molar-refractivity contribution is -0.384. The molecule has 7 nitrogen and oxygen atoms in total. The number of ether oxygens (including phenoxy) is 1. The lowest BCUT2D eigenvalue weighted by Crippen LogP contribution is -2.20. The van der Waals surface area contributed by atoms with Crippen LogP contribution in [0.1, 0.15) is 50.4 Å². The highest BCUT2D eigenvalue weighted by Gasteiger charge is 2.22. The molecule has 0 bridgehead atoms. The van der Waals surface area contributed by atoms with Crippen molar-refractivity contribution in [3.8, 4) is 5.75 Å². The first-order chi connectivity index (χ1) is 15.1. The average molecular weight is 419 g/mol. The van der Waals surface area contributed by atoms with Gasteiger partial charge in [-0.2, -0.15) is 0 Å². The number of hydrogen-bond donors (Lipinski definition) is 0. The smallest absolute Gasteiger partial charge is 0.270 e. The van der Waals surface area contributed by atoms with Gasteiger partial charge < -0.3 is 4.74 Å². The molecule has 4 rings (SSSR count). The second-order valence-electron chi connectivity index (χ2n) is 7.75. The zero-order chi connectivity index (χ0) is 21.8. The van der Waals surface area contributed by atoms with Crippen LogP contribution >= 0.6 is 0 Å². The highest BCUT2D eigenvalue weighted by molar-refractivity contribution is 5.85. The van der Waals surface area contributed by atoms with Gasteiger partial charge in [-0.05, 0) is 48.3 Å². The first-order valence-electron chi connectivity index (χ1n) is 10.7. The SMILES string of the molecule is CCCCCCOc1ccc(C=C2CCn3c2nc2ccc([N+](=O)[O-])cc2c3=O)cc1. The first-order valence-corrected chi connectivity index (χ1v) is 10.7. The van der Waals surface area contributed by atoms with Gasteiger partial charge in [-0.15, -0.1) is 0 Å². The summed E-state index contributed by atoms with van der Waals surface area (Å²) in [6.45, 7) is 3.44. The van der Waals surface area contributed by atoms with Crippen LogP contribution < -0.4 is 10.3 Å². The van der Waals surface area contributed by atoms with Crippen LogP contribution in [0.5, 0.6) is 5.75 Å². The standard InChI is InChI=1S/C24H25N3O4/c1-2-3-4-5-14-31-20-9-6-17(7-10-20)15-18-12-13-26-23(18)25-22-11-8-19(27(29)30)16-21(22)24(26)28/h6-11,15-16H,2-5,12-14H2,1H3. The van der Waals surface area contributed by atoms with Gasteiger partial charge in [-0.3, -0.25) is 19.5 Å². The molecule has 1 aliphatic rings. The summed E-state index contributed by atoms with van der Waals surface area (Å²) in [7, 11) is 0. The van der Waals surface area contributed by atoms with Crippen molar-refractivity contribution in [2.24, 2.45) is 0 Å². The van der Waals surface area contributed by atoms with Crippen LogP contribution in [0.4, 0.5) is 5.69 Å². The molecular weight excluding hydrogens is 394 g/mol. The quantitative estimate of drug-likeness (QED) is 0.284. The van der Waals surface area contributed by atoms with Crippen molar-refractivity contribution in [2.75, 3.05) is 6.61 Å². The molecule has 3 aromatic rings. The molecule has 1 aromatic heterocycles.